The summed E-state index contributed by atoms with van der Waals surface area (Å²) in [6.45, 7) is 3.38. The van der Waals surface area contributed by atoms with E-state index in [9.17, 15) is 22.8 Å². The van der Waals surface area contributed by atoms with E-state index in [0.717, 1.165) is 32.4 Å². The molecule has 9 heteroatoms. The first kappa shape index (κ1) is 21.2. The maximum atomic E-state index is 13.6. The van der Waals surface area contributed by atoms with Crippen LogP contribution in [0.25, 0.3) is 0 Å². The molecule has 3 aromatic rings. The molecule has 158 valence electrons. The molecular formula is C21H20F3N3O3. The number of aromatic nitrogens is 2. The van der Waals surface area contributed by atoms with E-state index >= 15 is 0 Å². The summed E-state index contributed by atoms with van der Waals surface area (Å²) in [5.41, 5.74) is 1.00. The molecule has 0 aliphatic rings. The zero-order valence-electron chi connectivity index (χ0n) is 16.8. The Morgan fingerprint density at radius 1 is 0.967 bits per heavy atom. The zero-order chi connectivity index (χ0) is 22.2. The Balaban J connectivity index is 2.11. The van der Waals surface area contributed by atoms with Crippen LogP contribution in [0.5, 0.6) is 5.75 Å². The summed E-state index contributed by atoms with van der Waals surface area (Å²) in [5, 5.41) is 3.04. The van der Waals surface area contributed by atoms with Crippen molar-refractivity contribution in [1.29, 1.82) is 0 Å². The molecule has 3 rings (SSSR count). The first-order valence-corrected chi connectivity index (χ1v) is 8.99. The number of methoxy groups -OCH3 is 1. The lowest BCUT2D eigenvalue weighted by atomic mass is 10.1. The second kappa shape index (κ2) is 8.10. The minimum atomic E-state index is -1.59. The molecule has 0 radical (unpaired) electrons. The number of rotatable bonds is 5. The Kier molecular flexibility index (Phi) is 5.73. The number of hydrogen-bond acceptors (Lipinski definition) is 4. The highest BCUT2D eigenvalue weighted by Gasteiger charge is 2.15. The van der Waals surface area contributed by atoms with Gasteiger partial charge in [-0.05, 0) is 54.8 Å². The van der Waals surface area contributed by atoms with Gasteiger partial charge in [0.15, 0.2) is 17.5 Å². The molecule has 0 amide bonds. The quantitative estimate of drug-likeness (QED) is 0.644. The molecule has 0 spiro atoms. The van der Waals surface area contributed by atoms with Crippen LogP contribution in [0, 0.1) is 31.3 Å². The lowest BCUT2D eigenvalue weighted by Gasteiger charge is -2.18. The Morgan fingerprint density at radius 2 is 1.60 bits per heavy atom. The van der Waals surface area contributed by atoms with Crippen LogP contribution in [0.2, 0.25) is 0 Å². The highest BCUT2D eigenvalue weighted by atomic mass is 19.2. The average molecular weight is 419 g/mol. The van der Waals surface area contributed by atoms with Crippen molar-refractivity contribution in [1.82, 2.24) is 9.13 Å². The van der Waals surface area contributed by atoms with E-state index in [4.69, 9.17) is 4.74 Å². The van der Waals surface area contributed by atoms with Gasteiger partial charge in [0, 0.05) is 18.8 Å². The minimum Gasteiger partial charge on any atom is -0.496 e. The third kappa shape index (κ3) is 3.96. The second-order valence-corrected chi connectivity index (χ2v) is 6.93. The number of anilines is 2. The van der Waals surface area contributed by atoms with Crippen molar-refractivity contribution in [3.05, 3.63) is 85.3 Å². The van der Waals surface area contributed by atoms with Crippen molar-refractivity contribution < 1.29 is 17.9 Å². The maximum absolute atomic E-state index is 13.6. The van der Waals surface area contributed by atoms with Crippen molar-refractivity contribution in [2.24, 2.45) is 7.05 Å². The average Bonchev–Trinajstić information content (AvgIpc) is 2.69. The van der Waals surface area contributed by atoms with E-state index in [1.165, 1.54) is 13.1 Å². The molecule has 0 saturated heterocycles. The fraction of sp³-hybridized carbons (Fsp3) is 0.238. The first-order chi connectivity index (χ1) is 14.1. The van der Waals surface area contributed by atoms with E-state index in [1.54, 1.807) is 19.2 Å². The van der Waals surface area contributed by atoms with Gasteiger partial charge >= 0.3 is 5.69 Å². The molecule has 0 bridgehead atoms. The molecule has 1 heterocycles. The van der Waals surface area contributed by atoms with Crippen LogP contribution >= 0.6 is 0 Å². The third-order valence-electron chi connectivity index (χ3n) is 4.79. The first-order valence-electron chi connectivity index (χ1n) is 8.99. The van der Waals surface area contributed by atoms with Crippen molar-refractivity contribution in [2.45, 2.75) is 20.4 Å². The molecule has 2 aromatic carbocycles. The van der Waals surface area contributed by atoms with Crippen LogP contribution in [0.15, 0.2) is 39.9 Å². The molecular weight excluding hydrogens is 399 g/mol. The van der Waals surface area contributed by atoms with Gasteiger partial charge in [-0.15, -0.1) is 0 Å². The summed E-state index contributed by atoms with van der Waals surface area (Å²) in [7, 11) is 2.84. The fourth-order valence-corrected chi connectivity index (χ4v) is 3.09. The topological polar surface area (TPSA) is 65.3 Å². The molecule has 0 aliphatic heterocycles. The Morgan fingerprint density at radius 3 is 2.20 bits per heavy atom. The standard InChI is InChI=1S/C21H20F3N3O3/c1-11-6-17(30-4)12(2)5-16(11)25-18-9-19(28)26(3)21(29)27(18)10-13-7-14(22)20(24)15(23)8-13/h5-9,25H,10H2,1-4H3. The summed E-state index contributed by atoms with van der Waals surface area (Å²) in [6.07, 6.45) is 0. The van der Waals surface area contributed by atoms with Crippen molar-refractivity contribution in [3.8, 4) is 5.75 Å². The van der Waals surface area contributed by atoms with Crippen LogP contribution in [0.1, 0.15) is 16.7 Å². The lowest BCUT2D eigenvalue weighted by Crippen LogP contribution is -2.38. The Bertz CT molecular complexity index is 1230. The minimum absolute atomic E-state index is 0.0258. The maximum Gasteiger partial charge on any atom is 0.332 e. The molecule has 0 fully saturated rings. The molecule has 0 unspecified atom stereocenters. The van der Waals surface area contributed by atoms with E-state index in [1.807, 2.05) is 13.8 Å². The zero-order valence-corrected chi connectivity index (χ0v) is 16.8. The summed E-state index contributed by atoms with van der Waals surface area (Å²) in [5.74, 6) is -3.51. The van der Waals surface area contributed by atoms with Gasteiger partial charge in [0.05, 0.1) is 13.7 Å². The Hall–Kier alpha value is -3.49. The van der Waals surface area contributed by atoms with Crippen molar-refractivity contribution in [3.63, 3.8) is 0 Å². The van der Waals surface area contributed by atoms with E-state index < -0.39 is 28.7 Å². The van der Waals surface area contributed by atoms with E-state index in [-0.39, 0.29) is 17.9 Å². The number of ether oxygens (including phenoxy) is 1. The number of nitrogens with one attached hydrogen (secondary N) is 1. The summed E-state index contributed by atoms with van der Waals surface area (Å²) < 4.78 is 47.8. The van der Waals surface area contributed by atoms with Gasteiger partial charge in [0.25, 0.3) is 5.56 Å². The second-order valence-electron chi connectivity index (χ2n) is 6.93. The number of aryl methyl sites for hydroxylation is 2. The predicted octanol–water partition coefficient (Wildman–Crippen LogP) is 3.38. The molecule has 1 aromatic heterocycles. The van der Waals surface area contributed by atoms with Gasteiger partial charge in [-0.1, -0.05) is 0 Å². The summed E-state index contributed by atoms with van der Waals surface area (Å²) >= 11 is 0. The monoisotopic (exact) mass is 419 g/mol. The van der Waals surface area contributed by atoms with Gasteiger partial charge in [-0.2, -0.15) is 0 Å². The van der Waals surface area contributed by atoms with Crippen LogP contribution in [-0.4, -0.2) is 16.2 Å². The Labute approximate surface area is 170 Å². The molecule has 30 heavy (non-hydrogen) atoms. The highest BCUT2D eigenvalue weighted by Crippen LogP contribution is 2.28. The van der Waals surface area contributed by atoms with Crippen LogP contribution in [0.4, 0.5) is 24.7 Å². The summed E-state index contributed by atoms with van der Waals surface area (Å²) in [6, 6.07) is 6.41. The SMILES string of the molecule is COc1cc(C)c(Nc2cc(=O)n(C)c(=O)n2Cc2cc(F)c(F)c(F)c2)cc1C. The van der Waals surface area contributed by atoms with Gasteiger partial charge in [0.2, 0.25) is 0 Å². The number of benzene rings is 2. The van der Waals surface area contributed by atoms with E-state index in [2.05, 4.69) is 5.32 Å². The van der Waals surface area contributed by atoms with Crippen molar-refractivity contribution >= 4 is 11.5 Å². The molecule has 0 aliphatic carbocycles. The normalized spacial score (nSPS) is 10.9. The summed E-state index contributed by atoms with van der Waals surface area (Å²) in [4.78, 5) is 24.9. The largest absolute Gasteiger partial charge is 0.496 e. The van der Waals surface area contributed by atoms with Crippen LogP contribution in [-0.2, 0) is 13.6 Å². The fourth-order valence-electron chi connectivity index (χ4n) is 3.09. The van der Waals surface area contributed by atoms with Crippen LogP contribution < -0.4 is 21.3 Å². The van der Waals surface area contributed by atoms with Crippen LogP contribution in [0.3, 0.4) is 0 Å². The highest BCUT2D eigenvalue weighted by molar-refractivity contribution is 5.64. The lowest BCUT2D eigenvalue weighted by molar-refractivity contribution is 0.411. The van der Waals surface area contributed by atoms with Gasteiger partial charge in [0.1, 0.15) is 11.6 Å². The number of halogens is 3. The van der Waals surface area contributed by atoms with E-state index in [0.29, 0.717) is 11.4 Å². The molecule has 6 nitrogen and oxygen atoms in total. The molecule has 0 atom stereocenters. The van der Waals surface area contributed by atoms with Crippen molar-refractivity contribution in [2.75, 3.05) is 12.4 Å². The smallest absolute Gasteiger partial charge is 0.332 e. The van der Waals surface area contributed by atoms with Gasteiger partial charge in [-0.25, -0.2) is 18.0 Å². The van der Waals surface area contributed by atoms with Gasteiger partial charge in [-0.3, -0.25) is 13.9 Å². The molecule has 1 N–H and O–H groups in total. The third-order valence-corrected chi connectivity index (χ3v) is 4.79. The molecule has 0 saturated carbocycles. The van der Waals surface area contributed by atoms with Gasteiger partial charge < -0.3 is 10.1 Å². The number of hydrogen-bond donors (Lipinski definition) is 1. The number of nitrogens with zero attached hydrogens (tertiary/aromatic N) is 2. The predicted molar refractivity (Wildman–Crippen MR) is 107 cm³/mol.